The van der Waals surface area contributed by atoms with Crippen LogP contribution in [0.2, 0.25) is 0 Å². The molecule has 2 aromatic carbocycles. The van der Waals surface area contributed by atoms with Crippen molar-refractivity contribution in [2.24, 2.45) is 5.73 Å². The van der Waals surface area contributed by atoms with E-state index in [9.17, 15) is 4.39 Å². The first-order chi connectivity index (χ1) is 9.78. The lowest BCUT2D eigenvalue weighted by atomic mass is 10.2. The second kappa shape index (κ2) is 5.27. The molecule has 20 heavy (non-hydrogen) atoms. The van der Waals surface area contributed by atoms with Gasteiger partial charge in [-0.15, -0.1) is 0 Å². The molecule has 0 fully saturated rings. The molecule has 0 bridgehead atoms. The number of rotatable bonds is 3. The van der Waals surface area contributed by atoms with E-state index in [1.165, 1.54) is 6.07 Å². The van der Waals surface area contributed by atoms with Crippen molar-refractivity contribution < 1.29 is 9.13 Å². The molecular formula is C16H13FN2O. The monoisotopic (exact) mass is 268 g/mol. The summed E-state index contributed by atoms with van der Waals surface area (Å²) >= 11 is 0. The number of halogens is 1. The SMILES string of the molecule is NCc1c(F)cccc1Oc1ccc2ccccc2n1. The van der Waals surface area contributed by atoms with Crippen LogP contribution < -0.4 is 10.5 Å². The molecule has 0 saturated heterocycles. The average molecular weight is 268 g/mol. The van der Waals surface area contributed by atoms with Crippen LogP contribution in [0.5, 0.6) is 11.6 Å². The van der Waals surface area contributed by atoms with Crippen LogP contribution in [0.4, 0.5) is 4.39 Å². The molecule has 3 aromatic rings. The Kier molecular flexibility index (Phi) is 3.31. The normalized spacial score (nSPS) is 10.7. The van der Waals surface area contributed by atoms with E-state index in [-0.39, 0.29) is 12.4 Å². The number of hydrogen-bond donors (Lipinski definition) is 1. The number of aromatic nitrogens is 1. The number of pyridine rings is 1. The maximum Gasteiger partial charge on any atom is 0.219 e. The van der Waals surface area contributed by atoms with Gasteiger partial charge >= 0.3 is 0 Å². The average Bonchev–Trinajstić information content (AvgIpc) is 2.47. The van der Waals surface area contributed by atoms with Gasteiger partial charge in [0, 0.05) is 23.6 Å². The van der Waals surface area contributed by atoms with Crippen molar-refractivity contribution in [3.05, 3.63) is 66.0 Å². The fraction of sp³-hybridized carbons (Fsp3) is 0.0625. The highest BCUT2D eigenvalue weighted by atomic mass is 19.1. The van der Waals surface area contributed by atoms with Crippen molar-refractivity contribution in [2.45, 2.75) is 6.54 Å². The first kappa shape index (κ1) is 12.6. The van der Waals surface area contributed by atoms with Crippen LogP contribution in [0.15, 0.2) is 54.6 Å². The fourth-order valence-corrected chi connectivity index (χ4v) is 2.05. The first-order valence-electron chi connectivity index (χ1n) is 6.29. The zero-order valence-corrected chi connectivity index (χ0v) is 10.7. The number of para-hydroxylation sites is 1. The van der Waals surface area contributed by atoms with E-state index in [1.807, 2.05) is 30.3 Å². The number of benzene rings is 2. The standard InChI is InChI=1S/C16H13FN2O/c17-13-5-3-7-15(12(13)10-18)20-16-9-8-11-4-1-2-6-14(11)19-16/h1-9H,10,18H2. The van der Waals surface area contributed by atoms with Gasteiger partial charge in [0.05, 0.1) is 5.52 Å². The van der Waals surface area contributed by atoms with Crippen molar-refractivity contribution >= 4 is 10.9 Å². The molecule has 1 aromatic heterocycles. The Hall–Kier alpha value is -2.46. The number of fused-ring (bicyclic) bond motifs is 1. The summed E-state index contributed by atoms with van der Waals surface area (Å²) in [6.45, 7) is 0.0790. The van der Waals surface area contributed by atoms with Gasteiger partial charge in [0.25, 0.3) is 0 Å². The third kappa shape index (κ3) is 2.33. The second-order valence-corrected chi connectivity index (χ2v) is 4.36. The minimum atomic E-state index is -0.370. The Morgan fingerprint density at radius 1 is 1.00 bits per heavy atom. The second-order valence-electron chi connectivity index (χ2n) is 4.36. The molecule has 0 unspecified atom stereocenters. The molecule has 0 saturated carbocycles. The highest BCUT2D eigenvalue weighted by Crippen LogP contribution is 2.27. The van der Waals surface area contributed by atoms with Crippen LogP contribution in [0.3, 0.4) is 0 Å². The van der Waals surface area contributed by atoms with E-state index < -0.39 is 0 Å². The first-order valence-corrected chi connectivity index (χ1v) is 6.29. The summed E-state index contributed by atoms with van der Waals surface area (Å²) < 4.78 is 19.3. The third-order valence-corrected chi connectivity index (χ3v) is 3.07. The minimum absolute atomic E-state index is 0.0790. The van der Waals surface area contributed by atoms with Crippen LogP contribution in [-0.4, -0.2) is 4.98 Å². The van der Waals surface area contributed by atoms with Crippen LogP contribution in [-0.2, 0) is 6.54 Å². The van der Waals surface area contributed by atoms with Gasteiger partial charge in [-0.1, -0.05) is 24.3 Å². The van der Waals surface area contributed by atoms with Gasteiger partial charge in [-0.05, 0) is 24.3 Å². The highest BCUT2D eigenvalue weighted by Gasteiger charge is 2.09. The molecule has 2 N–H and O–H groups in total. The molecule has 4 heteroatoms. The smallest absolute Gasteiger partial charge is 0.219 e. The maximum atomic E-state index is 13.6. The predicted octanol–water partition coefficient (Wildman–Crippen LogP) is 3.62. The summed E-state index contributed by atoms with van der Waals surface area (Å²) in [6.07, 6.45) is 0. The van der Waals surface area contributed by atoms with Crippen molar-refractivity contribution in [2.75, 3.05) is 0 Å². The molecule has 0 atom stereocenters. The Morgan fingerprint density at radius 3 is 2.70 bits per heavy atom. The predicted molar refractivity (Wildman–Crippen MR) is 76.1 cm³/mol. The number of nitrogens with two attached hydrogens (primary N) is 1. The number of hydrogen-bond acceptors (Lipinski definition) is 3. The quantitative estimate of drug-likeness (QED) is 0.789. The van der Waals surface area contributed by atoms with Crippen LogP contribution in [0.25, 0.3) is 10.9 Å². The topological polar surface area (TPSA) is 48.1 Å². The van der Waals surface area contributed by atoms with Crippen LogP contribution in [0.1, 0.15) is 5.56 Å². The van der Waals surface area contributed by atoms with Gasteiger partial charge in [0.2, 0.25) is 5.88 Å². The zero-order valence-electron chi connectivity index (χ0n) is 10.7. The summed E-state index contributed by atoms with van der Waals surface area (Å²) in [5, 5.41) is 1.03. The minimum Gasteiger partial charge on any atom is -0.439 e. The Bertz CT molecular complexity index is 758. The van der Waals surface area contributed by atoms with E-state index >= 15 is 0 Å². The summed E-state index contributed by atoms with van der Waals surface area (Å²) in [4.78, 5) is 4.39. The third-order valence-electron chi connectivity index (χ3n) is 3.07. The van der Waals surface area contributed by atoms with E-state index in [4.69, 9.17) is 10.5 Å². The Morgan fingerprint density at radius 2 is 1.85 bits per heavy atom. The van der Waals surface area contributed by atoms with E-state index in [1.54, 1.807) is 18.2 Å². The van der Waals surface area contributed by atoms with Crippen LogP contribution in [0, 0.1) is 5.82 Å². The van der Waals surface area contributed by atoms with Gasteiger partial charge in [-0.2, -0.15) is 0 Å². The van der Waals surface area contributed by atoms with E-state index in [0.717, 1.165) is 10.9 Å². The van der Waals surface area contributed by atoms with E-state index in [0.29, 0.717) is 17.2 Å². The van der Waals surface area contributed by atoms with Gasteiger partial charge in [0.15, 0.2) is 0 Å². The van der Waals surface area contributed by atoms with Gasteiger partial charge in [-0.25, -0.2) is 9.37 Å². The number of nitrogens with zero attached hydrogens (tertiary/aromatic N) is 1. The van der Waals surface area contributed by atoms with Gasteiger partial charge in [0.1, 0.15) is 11.6 Å². The molecule has 100 valence electrons. The van der Waals surface area contributed by atoms with E-state index in [2.05, 4.69) is 4.98 Å². The fourth-order valence-electron chi connectivity index (χ4n) is 2.05. The maximum absolute atomic E-state index is 13.6. The lowest BCUT2D eigenvalue weighted by molar-refractivity contribution is 0.452. The molecule has 0 radical (unpaired) electrons. The van der Waals surface area contributed by atoms with Crippen molar-refractivity contribution in [3.63, 3.8) is 0 Å². The van der Waals surface area contributed by atoms with Crippen molar-refractivity contribution in [3.8, 4) is 11.6 Å². The largest absolute Gasteiger partial charge is 0.439 e. The summed E-state index contributed by atoms with van der Waals surface area (Å²) in [5.41, 5.74) is 6.73. The Labute approximate surface area is 115 Å². The number of ether oxygens (including phenoxy) is 1. The summed E-state index contributed by atoms with van der Waals surface area (Å²) in [5.74, 6) is 0.449. The molecule has 0 amide bonds. The Balaban J connectivity index is 1.99. The lowest BCUT2D eigenvalue weighted by Gasteiger charge is -2.10. The molecule has 0 aliphatic heterocycles. The van der Waals surface area contributed by atoms with Gasteiger partial charge in [-0.3, -0.25) is 0 Å². The summed E-state index contributed by atoms with van der Waals surface area (Å²) in [7, 11) is 0. The van der Waals surface area contributed by atoms with Crippen molar-refractivity contribution in [1.82, 2.24) is 4.98 Å². The molecule has 1 heterocycles. The van der Waals surface area contributed by atoms with Crippen molar-refractivity contribution in [1.29, 1.82) is 0 Å². The van der Waals surface area contributed by atoms with Crippen LogP contribution >= 0.6 is 0 Å². The molecule has 3 rings (SSSR count). The summed E-state index contributed by atoms with van der Waals surface area (Å²) in [6, 6.07) is 16.0. The van der Waals surface area contributed by atoms with Gasteiger partial charge < -0.3 is 10.5 Å². The molecule has 0 aliphatic carbocycles. The molecular weight excluding hydrogens is 255 g/mol. The molecule has 0 aliphatic rings. The highest BCUT2D eigenvalue weighted by molar-refractivity contribution is 5.78. The molecule has 3 nitrogen and oxygen atoms in total. The lowest BCUT2D eigenvalue weighted by Crippen LogP contribution is -2.03. The zero-order chi connectivity index (χ0) is 13.9. The molecule has 0 spiro atoms.